The lowest BCUT2D eigenvalue weighted by Gasteiger charge is -2.10. The molecule has 0 spiro atoms. The molecule has 0 unspecified atom stereocenters. The maximum atomic E-state index is 11.6. The highest BCUT2D eigenvalue weighted by Gasteiger charge is 2.25. The molecule has 1 fully saturated rings. The molecule has 3 N–H and O–H groups in total. The molecular weight excluding hydrogens is 147 g/mol. The highest BCUT2D eigenvalue weighted by atomic mass is 31.2. The van der Waals surface area contributed by atoms with E-state index in [9.17, 15) is 4.57 Å². The fourth-order valence-corrected chi connectivity index (χ4v) is 3.82. The Balaban J connectivity index is 2.29. The molecule has 0 radical (unpaired) electrons. The molecular formula is C6H15N2OP. The molecule has 4 heteroatoms. The Morgan fingerprint density at radius 3 is 2.50 bits per heavy atom. The van der Waals surface area contributed by atoms with Crippen LogP contribution < -0.4 is 10.8 Å². The van der Waals surface area contributed by atoms with Crippen LogP contribution in [0.25, 0.3) is 0 Å². The molecule has 60 valence electrons. The minimum absolute atomic E-state index is 0.587. The van der Waals surface area contributed by atoms with E-state index in [1.54, 1.807) is 0 Å². The molecule has 1 aliphatic heterocycles. The predicted octanol–water partition coefficient (Wildman–Crippen LogP) is 0.607. The van der Waals surface area contributed by atoms with E-state index in [0.717, 1.165) is 25.2 Å². The molecule has 1 saturated heterocycles. The summed E-state index contributed by atoms with van der Waals surface area (Å²) < 4.78 is 11.6. The Morgan fingerprint density at radius 1 is 1.40 bits per heavy atom. The van der Waals surface area contributed by atoms with Gasteiger partial charge < -0.3 is 10.3 Å². The summed E-state index contributed by atoms with van der Waals surface area (Å²) in [6, 6.07) is 0. The summed E-state index contributed by atoms with van der Waals surface area (Å²) in [5.74, 6) is 0. The summed E-state index contributed by atoms with van der Waals surface area (Å²) in [6.45, 7) is 1.29. The van der Waals surface area contributed by atoms with Gasteiger partial charge in [0.25, 0.3) is 0 Å². The number of rotatable bonds is 3. The first-order valence-electron chi connectivity index (χ1n) is 3.80. The van der Waals surface area contributed by atoms with Gasteiger partial charge in [-0.05, 0) is 12.8 Å². The van der Waals surface area contributed by atoms with Gasteiger partial charge in [-0.3, -0.25) is 5.09 Å². The van der Waals surface area contributed by atoms with E-state index >= 15 is 0 Å². The largest absolute Gasteiger partial charge is 0.329 e. The normalized spacial score (nSPS) is 23.3. The number of hydrogen-bond acceptors (Lipinski definition) is 2. The summed E-state index contributed by atoms with van der Waals surface area (Å²) in [5, 5.41) is 3.04. The second kappa shape index (κ2) is 3.51. The van der Waals surface area contributed by atoms with Crippen LogP contribution in [0.5, 0.6) is 0 Å². The van der Waals surface area contributed by atoms with E-state index in [0.29, 0.717) is 13.1 Å². The maximum Gasteiger partial charge on any atom is 0.147 e. The Hall–Kier alpha value is 0.150. The minimum atomic E-state index is -1.92. The van der Waals surface area contributed by atoms with Gasteiger partial charge >= 0.3 is 0 Å². The molecule has 0 aromatic rings. The predicted molar refractivity (Wildman–Crippen MR) is 43.6 cm³/mol. The van der Waals surface area contributed by atoms with Crippen LogP contribution in [0.2, 0.25) is 0 Å². The van der Waals surface area contributed by atoms with Crippen molar-refractivity contribution < 1.29 is 4.57 Å². The standard InChI is InChI=1S/C6H15N2OP/c7-3-4-8-10(9)5-1-2-6-10/h1-7H2,(H,8,9). The molecule has 1 aliphatic rings. The number of nitrogens with one attached hydrogen (secondary N) is 1. The van der Waals surface area contributed by atoms with Crippen molar-refractivity contribution in [3.63, 3.8) is 0 Å². The Bertz CT molecular complexity index is 139. The van der Waals surface area contributed by atoms with E-state index in [1.165, 1.54) is 0 Å². The van der Waals surface area contributed by atoms with Crippen molar-refractivity contribution in [2.45, 2.75) is 12.8 Å². The maximum absolute atomic E-state index is 11.6. The van der Waals surface area contributed by atoms with Gasteiger partial charge in [0.1, 0.15) is 7.29 Å². The zero-order valence-electron chi connectivity index (χ0n) is 6.18. The lowest BCUT2D eigenvalue weighted by Crippen LogP contribution is -2.20. The quantitative estimate of drug-likeness (QED) is 0.598. The molecule has 0 aliphatic carbocycles. The second-order valence-corrected chi connectivity index (χ2v) is 5.73. The minimum Gasteiger partial charge on any atom is -0.329 e. The Labute approximate surface area is 61.8 Å². The zero-order valence-corrected chi connectivity index (χ0v) is 7.07. The summed E-state index contributed by atoms with van der Waals surface area (Å²) in [7, 11) is -1.92. The van der Waals surface area contributed by atoms with E-state index in [2.05, 4.69) is 5.09 Å². The summed E-state index contributed by atoms with van der Waals surface area (Å²) >= 11 is 0. The van der Waals surface area contributed by atoms with Crippen LogP contribution in [0.4, 0.5) is 0 Å². The van der Waals surface area contributed by atoms with Crippen molar-refractivity contribution in [1.82, 2.24) is 5.09 Å². The number of hydrogen-bond donors (Lipinski definition) is 2. The molecule has 0 atom stereocenters. The lowest BCUT2D eigenvalue weighted by atomic mass is 10.4. The monoisotopic (exact) mass is 162 g/mol. The first-order valence-corrected chi connectivity index (χ1v) is 5.88. The third-order valence-electron chi connectivity index (χ3n) is 1.83. The SMILES string of the molecule is NCCNP1(=O)CCCC1. The molecule has 0 aromatic carbocycles. The van der Waals surface area contributed by atoms with E-state index in [1.807, 2.05) is 0 Å². The van der Waals surface area contributed by atoms with Crippen molar-refractivity contribution >= 4 is 7.29 Å². The van der Waals surface area contributed by atoms with Crippen LogP contribution in [0.1, 0.15) is 12.8 Å². The van der Waals surface area contributed by atoms with E-state index in [4.69, 9.17) is 5.73 Å². The Morgan fingerprint density at radius 2 is 2.00 bits per heavy atom. The lowest BCUT2D eigenvalue weighted by molar-refractivity contribution is 0.569. The second-order valence-electron chi connectivity index (χ2n) is 2.74. The highest BCUT2D eigenvalue weighted by molar-refractivity contribution is 7.62. The van der Waals surface area contributed by atoms with Crippen LogP contribution >= 0.6 is 7.29 Å². The molecule has 10 heavy (non-hydrogen) atoms. The fraction of sp³-hybridized carbons (Fsp3) is 1.00. The van der Waals surface area contributed by atoms with E-state index < -0.39 is 7.29 Å². The van der Waals surface area contributed by atoms with Crippen LogP contribution in [0.15, 0.2) is 0 Å². The average molecular weight is 162 g/mol. The van der Waals surface area contributed by atoms with Gasteiger partial charge in [-0.1, -0.05) is 0 Å². The topological polar surface area (TPSA) is 55.1 Å². The van der Waals surface area contributed by atoms with Gasteiger partial charge in [-0.2, -0.15) is 0 Å². The molecule has 3 nitrogen and oxygen atoms in total. The van der Waals surface area contributed by atoms with Crippen LogP contribution in [-0.2, 0) is 4.57 Å². The third-order valence-corrected chi connectivity index (χ3v) is 4.71. The summed E-state index contributed by atoms with van der Waals surface area (Å²) in [5.41, 5.74) is 5.28. The van der Waals surface area contributed by atoms with Gasteiger partial charge in [0.2, 0.25) is 0 Å². The molecule has 0 saturated carbocycles. The number of nitrogens with two attached hydrogens (primary N) is 1. The molecule has 0 bridgehead atoms. The molecule has 1 heterocycles. The van der Waals surface area contributed by atoms with Crippen LogP contribution in [-0.4, -0.2) is 25.4 Å². The molecule has 1 rings (SSSR count). The van der Waals surface area contributed by atoms with Crippen molar-refractivity contribution in [3.8, 4) is 0 Å². The molecule has 0 amide bonds. The smallest absolute Gasteiger partial charge is 0.147 e. The zero-order chi connectivity index (χ0) is 7.45. The first kappa shape index (κ1) is 8.25. The first-order chi connectivity index (χ1) is 4.77. The van der Waals surface area contributed by atoms with E-state index in [-0.39, 0.29) is 0 Å². The summed E-state index contributed by atoms with van der Waals surface area (Å²) in [6.07, 6.45) is 4.00. The highest BCUT2D eigenvalue weighted by Crippen LogP contribution is 2.47. The summed E-state index contributed by atoms with van der Waals surface area (Å²) in [4.78, 5) is 0. The van der Waals surface area contributed by atoms with Gasteiger partial charge in [-0.25, -0.2) is 0 Å². The van der Waals surface area contributed by atoms with Gasteiger partial charge in [-0.15, -0.1) is 0 Å². The van der Waals surface area contributed by atoms with Gasteiger partial charge in [0.05, 0.1) is 0 Å². The third kappa shape index (κ3) is 2.08. The van der Waals surface area contributed by atoms with Crippen molar-refractivity contribution in [3.05, 3.63) is 0 Å². The van der Waals surface area contributed by atoms with Crippen molar-refractivity contribution in [1.29, 1.82) is 0 Å². The van der Waals surface area contributed by atoms with Crippen LogP contribution in [0.3, 0.4) is 0 Å². The fourth-order valence-electron chi connectivity index (χ4n) is 1.27. The molecule has 0 aromatic heterocycles. The van der Waals surface area contributed by atoms with Crippen molar-refractivity contribution in [2.24, 2.45) is 5.73 Å². The van der Waals surface area contributed by atoms with Gasteiger partial charge in [0, 0.05) is 25.4 Å². The van der Waals surface area contributed by atoms with Gasteiger partial charge in [0.15, 0.2) is 0 Å². The van der Waals surface area contributed by atoms with Crippen LogP contribution in [0, 0.1) is 0 Å². The van der Waals surface area contributed by atoms with Crippen molar-refractivity contribution in [2.75, 3.05) is 25.4 Å². The average Bonchev–Trinajstić information content (AvgIpc) is 2.33. The Kier molecular flexibility index (Phi) is 2.90.